The van der Waals surface area contributed by atoms with Gasteiger partial charge in [-0.15, -0.1) is 11.6 Å². The van der Waals surface area contributed by atoms with Crippen molar-refractivity contribution in [3.05, 3.63) is 35.9 Å². The van der Waals surface area contributed by atoms with Gasteiger partial charge in [0.1, 0.15) is 11.5 Å². The summed E-state index contributed by atoms with van der Waals surface area (Å²) in [4.78, 5) is 0. The highest BCUT2D eigenvalue weighted by atomic mass is 35.5. The minimum absolute atomic E-state index is 0.304. The molecule has 0 N–H and O–H groups in total. The number of benzene rings is 2. The summed E-state index contributed by atoms with van der Waals surface area (Å²) in [6.07, 6.45) is 4.27. The molecule has 1 atom stereocenters. The Hall–Kier alpha value is -1.41. The minimum atomic E-state index is 0.304. The number of aryl methyl sites for hydroxylation is 1. The highest BCUT2D eigenvalue weighted by Gasteiger charge is 2.06. The summed E-state index contributed by atoms with van der Waals surface area (Å²) >= 11 is 6.13. The molecule has 2 aromatic rings. The van der Waals surface area contributed by atoms with Crippen molar-refractivity contribution < 1.29 is 9.47 Å². The molecule has 3 heteroatoms. The van der Waals surface area contributed by atoms with Crippen LogP contribution in [0, 0.1) is 6.92 Å². The van der Waals surface area contributed by atoms with Crippen molar-refractivity contribution in [1.82, 2.24) is 0 Å². The third-order valence-electron chi connectivity index (χ3n) is 4.13. The maximum atomic E-state index is 6.13. The Balaban J connectivity index is 1.94. The second-order valence-corrected chi connectivity index (χ2v) is 6.47. The Morgan fingerprint density at radius 3 is 2.61 bits per heavy atom. The molecular formula is C20H27ClO2. The molecule has 2 rings (SSSR count). The Labute approximate surface area is 144 Å². The van der Waals surface area contributed by atoms with Gasteiger partial charge in [-0.05, 0) is 74.1 Å². The van der Waals surface area contributed by atoms with Crippen molar-refractivity contribution in [1.29, 1.82) is 0 Å². The van der Waals surface area contributed by atoms with Gasteiger partial charge in [0.25, 0.3) is 0 Å². The molecule has 0 aliphatic carbocycles. The smallest absolute Gasteiger partial charge is 0.122 e. The second-order valence-electron chi connectivity index (χ2n) is 5.85. The first kappa shape index (κ1) is 17.9. The fraction of sp³-hybridized carbons (Fsp3) is 0.500. The topological polar surface area (TPSA) is 18.5 Å². The molecule has 0 heterocycles. The summed E-state index contributed by atoms with van der Waals surface area (Å²) in [7, 11) is 0. The molecule has 0 radical (unpaired) electrons. The van der Waals surface area contributed by atoms with Gasteiger partial charge >= 0.3 is 0 Å². The van der Waals surface area contributed by atoms with E-state index in [9.17, 15) is 0 Å². The van der Waals surface area contributed by atoms with Crippen LogP contribution in [0.4, 0.5) is 0 Å². The number of hydrogen-bond donors (Lipinski definition) is 0. The molecule has 1 unspecified atom stereocenters. The van der Waals surface area contributed by atoms with Gasteiger partial charge in [-0.2, -0.15) is 0 Å². The van der Waals surface area contributed by atoms with E-state index in [0.29, 0.717) is 12.0 Å². The van der Waals surface area contributed by atoms with Crippen LogP contribution in [0.2, 0.25) is 0 Å². The van der Waals surface area contributed by atoms with Gasteiger partial charge in [0.05, 0.1) is 13.2 Å². The first-order valence-corrected chi connectivity index (χ1v) is 9.02. The van der Waals surface area contributed by atoms with Crippen LogP contribution in [0.1, 0.15) is 45.1 Å². The molecule has 0 bridgehead atoms. The van der Waals surface area contributed by atoms with E-state index in [1.54, 1.807) is 0 Å². The summed E-state index contributed by atoms with van der Waals surface area (Å²) < 4.78 is 11.5. The molecule has 0 fully saturated rings. The number of halogens is 1. The van der Waals surface area contributed by atoms with Gasteiger partial charge < -0.3 is 9.47 Å². The average molecular weight is 335 g/mol. The van der Waals surface area contributed by atoms with Crippen LogP contribution in [0.3, 0.4) is 0 Å². The van der Waals surface area contributed by atoms with Crippen molar-refractivity contribution in [3.63, 3.8) is 0 Å². The van der Waals surface area contributed by atoms with E-state index < -0.39 is 0 Å². The molecule has 2 nitrogen and oxygen atoms in total. The number of hydrogen-bond acceptors (Lipinski definition) is 2. The van der Waals surface area contributed by atoms with E-state index in [4.69, 9.17) is 21.1 Å². The van der Waals surface area contributed by atoms with Gasteiger partial charge in [-0.25, -0.2) is 0 Å². The van der Waals surface area contributed by atoms with Crippen LogP contribution in [-0.2, 0) is 0 Å². The number of ether oxygens (including phenoxy) is 2. The van der Waals surface area contributed by atoms with Crippen LogP contribution >= 0.6 is 11.6 Å². The molecule has 0 saturated carbocycles. The minimum Gasteiger partial charge on any atom is -0.494 e. The zero-order valence-corrected chi connectivity index (χ0v) is 15.2. The van der Waals surface area contributed by atoms with Gasteiger partial charge in [0, 0.05) is 5.38 Å². The Bertz CT molecular complexity index is 624. The fourth-order valence-electron chi connectivity index (χ4n) is 2.71. The van der Waals surface area contributed by atoms with Crippen LogP contribution in [0.5, 0.6) is 11.5 Å². The molecule has 0 aliphatic heterocycles. The molecule has 126 valence electrons. The van der Waals surface area contributed by atoms with E-state index >= 15 is 0 Å². The molecule has 0 saturated heterocycles. The third-order valence-corrected chi connectivity index (χ3v) is 4.66. The maximum absolute atomic E-state index is 6.13. The maximum Gasteiger partial charge on any atom is 0.122 e. The molecule has 0 aliphatic rings. The summed E-state index contributed by atoms with van der Waals surface area (Å²) in [5.74, 6) is 1.89. The normalized spacial score (nSPS) is 12.3. The Kier molecular flexibility index (Phi) is 7.04. The van der Waals surface area contributed by atoms with E-state index in [0.717, 1.165) is 43.8 Å². The lowest BCUT2D eigenvalue weighted by molar-refractivity contribution is 0.305. The van der Waals surface area contributed by atoms with Crippen molar-refractivity contribution in [2.24, 2.45) is 0 Å². The highest BCUT2D eigenvalue weighted by molar-refractivity contribution is 6.20. The summed E-state index contributed by atoms with van der Waals surface area (Å²) in [5.41, 5.74) is 1.18. The zero-order valence-electron chi connectivity index (χ0n) is 14.4. The van der Waals surface area contributed by atoms with E-state index in [2.05, 4.69) is 32.0 Å². The first-order chi connectivity index (χ1) is 11.2. The molecule has 0 aromatic heterocycles. The lowest BCUT2D eigenvalue weighted by atomic mass is 10.0. The SMILES string of the molecule is CCOc1ccc2cc(OCCCCC(Cl)CC)ccc2c1C. The first-order valence-electron chi connectivity index (χ1n) is 8.58. The average Bonchev–Trinajstić information content (AvgIpc) is 2.57. The molecule has 0 spiro atoms. The highest BCUT2D eigenvalue weighted by Crippen LogP contribution is 2.30. The van der Waals surface area contributed by atoms with Crippen molar-refractivity contribution in [2.75, 3.05) is 13.2 Å². The van der Waals surface area contributed by atoms with Crippen molar-refractivity contribution in [3.8, 4) is 11.5 Å². The summed E-state index contributed by atoms with van der Waals surface area (Å²) in [6, 6.07) is 10.4. The summed E-state index contributed by atoms with van der Waals surface area (Å²) in [6.45, 7) is 7.67. The van der Waals surface area contributed by atoms with Crippen LogP contribution in [0.15, 0.2) is 30.3 Å². The predicted octanol–water partition coefficient (Wildman–Crippen LogP) is 6.11. The van der Waals surface area contributed by atoms with Crippen molar-refractivity contribution >= 4 is 22.4 Å². The molecule has 0 amide bonds. The van der Waals surface area contributed by atoms with Crippen LogP contribution < -0.4 is 9.47 Å². The van der Waals surface area contributed by atoms with Gasteiger partial charge in [0.2, 0.25) is 0 Å². The van der Waals surface area contributed by atoms with E-state index in [1.165, 1.54) is 16.3 Å². The zero-order chi connectivity index (χ0) is 16.7. The molecule has 2 aromatic carbocycles. The van der Waals surface area contributed by atoms with Crippen LogP contribution in [0.25, 0.3) is 10.8 Å². The van der Waals surface area contributed by atoms with Crippen molar-refractivity contribution in [2.45, 2.75) is 51.8 Å². The summed E-state index contributed by atoms with van der Waals surface area (Å²) in [5, 5.41) is 2.71. The predicted molar refractivity (Wildman–Crippen MR) is 99.1 cm³/mol. The lowest BCUT2D eigenvalue weighted by Crippen LogP contribution is -2.01. The standard InChI is InChI=1S/C20H27ClO2/c1-4-17(21)8-6-7-13-23-18-10-11-19-15(3)20(22-5-2)12-9-16(19)14-18/h9-12,14,17H,4-8,13H2,1-3H3. The van der Waals surface area contributed by atoms with Gasteiger partial charge in [-0.3, -0.25) is 0 Å². The van der Waals surface area contributed by atoms with Crippen LogP contribution in [-0.4, -0.2) is 18.6 Å². The fourth-order valence-corrected chi connectivity index (χ4v) is 2.86. The molecular weight excluding hydrogens is 308 g/mol. The Morgan fingerprint density at radius 2 is 1.87 bits per heavy atom. The van der Waals surface area contributed by atoms with Gasteiger partial charge in [0.15, 0.2) is 0 Å². The van der Waals surface area contributed by atoms with E-state index in [-0.39, 0.29) is 0 Å². The largest absolute Gasteiger partial charge is 0.494 e. The number of fused-ring (bicyclic) bond motifs is 1. The van der Waals surface area contributed by atoms with Gasteiger partial charge in [-0.1, -0.05) is 19.1 Å². The number of unbranched alkanes of at least 4 members (excludes halogenated alkanes) is 1. The number of alkyl halides is 1. The Morgan fingerprint density at radius 1 is 1.04 bits per heavy atom. The monoisotopic (exact) mass is 334 g/mol. The third kappa shape index (κ3) is 5.04. The number of rotatable bonds is 9. The second kappa shape index (κ2) is 9.02. The quantitative estimate of drug-likeness (QED) is 0.406. The van der Waals surface area contributed by atoms with E-state index in [1.807, 2.05) is 19.1 Å². The lowest BCUT2D eigenvalue weighted by Gasteiger charge is -2.12. The molecule has 23 heavy (non-hydrogen) atoms.